The Labute approximate surface area is 89.3 Å². The molecule has 1 rings (SSSR count). The molecule has 0 atom stereocenters. The van der Waals surface area contributed by atoms with Gasteiger partial charge in [-0.05, 0) is 30.5 Å². The van der Waals surface area contributed by atoms with Gasteiger partial charge in [-0.15, -0.1) is 11.8 Å². The van der Waals surface area contributed by atoms with E-state index in [1.807, 2.05) is 19.2 Å². The highest BCUT2D eigenvalue weighted by molar-refractivity contribution is 7.99. The Kier molecular flexibility index (Phi) is 4.51. The van der Waals surface area contributed by atoms with Crippen LogP contribution in [0, 0.1) is 11.3 Å². The Hall–Kier alpha value is -0.980. The van der Waals surface area contributed by atoms with Crippen molar-refractivity contribution in [1.82, 2.24) is 5.32 Å². The second kappa shape index (κ2) is 5.69. The van der Waals surface area contributed by atoms with E-state index in [9.17, 15) is 0 Å². The van der Waals surface area contributed by atoms with Gasteiger partial charge in [-0.1, -0.05) is 13.0 Å². The van der Waals surface area contributed by atoms with Crippen molar-refractivity contribution >= 4 is 11.8 Å². The number of hydrogen-bond acceptors (Lipinski definition) is 3. The Morgan fingerprint density at radius 2 is 2.29 bits per heavy atom. The third kappa shape index (κ3) is 2.76. The van der Waals surface area contributed by atoms with Crippen molar-refractivity contribution in [2.45, 2.75) is 18.4 Å². The summed E-state index contributed by atoms with van der Waals surface area (Å²) >= 11 is 1.71. The molecule has 0 unspecified atom stereocenters. The van der Waals surface area contributed by atoms with Gasteiger partial charge in [-0.3, -0.25) is 0 Å². The van der Waals surface area contributed by atoms with Crippen molar-refractivity contribution < 1.29 is 0 Å². The molecule has 0 amide bonds. The molecule has 2 nitrogen and oxygen atoms in total. The molecule has 1 N–H and O–H groups in total. The summed E-state index contributed by atoms with van der Waals surface area (Å²) in [5, 5.41) is 12.0. The van der Waals surface area contributed by atoms with E-state index in [4.69, 9.17) is 5.26 Å². The van der Waals surface area contributed by atoms with Gasteiger partial charge in [0.05, 0.1) is 5.56 Å². The maximum absolute atomic E-state index is 8.95. The highest BCUT2D eigenvalue weighted by Gasteiger charge is 2.02. The van der Waals surface area contributed by atoms with E-state index in [1.54, 1.807) is 11.8 Å². The van der Waals surface area contributed by atoms with Crippen LogP contribution in [0.2, 0.25) is 0 Å². The first-order chi connectivity index (χ1) is 6.81. The van der Waals surface area contributed by atoms with Crippen LogP contribution in [0.25, 0.3) is 0 Å². The predicted octanol–water partition coefficient (Wildman–Crippen LogP) is 2.39. The molecule has 0 saturated carbocycles. The van der Waals surface area contributed by atoms with Crippen molar-refractivity contribution in [3.05, 3.63) is 29.3 Å². The van der Waals surface area contributed by atoms with Crippen LogP contribution in [0.1, 0.15) is 18.1 Å². The van der Waals surface area contributed by atoms with Crippen molar-refractivity contribution in [1.29, 1.82) is 5.26 Å². The lowest BCUT2D eigenvalue weighted by molar-refractivity contribution is 0.816. The fourth-order valence-corrected chi connectivity index (χ4v) is 2.00. The molecule has 14 heavy (non-hydrogen) atoms. The standard InChI is InChI=1S/C11H14N2S/c1-3-14-11-5-4-9(8-13-2)6-10(11)7-12/h4-6,13H,3,8H2,1-2H3. The lowest BCUT2D eigenvalue weighted by Crippen LogP contribution is -2.05. The summed E-state index contributed by atoms with van der Waals surface area (Å²) in [7, 11) is 1.90. The topological polar surface area (TPSA) is 35.8 Å². The van der Waals surface area contributed by atoms with Crippen molar-refractivity contribution in [3.63, 3.8) is 0 Å². The number of nitrogens with zero attached hydrogens (tertiary/aromatic N) is 1. The minimum atomic E-state index is 0.782. The monoisotopic (exact) mass is 206 g/mol. The van der Waals surface area contributed by atoms with Gasteiger partial charge >= 0.3 is 0 Å². The molecule has 0 aliphatic heterocycles. The first-order valence-electron chi connectivity index (χ1n) is 4.62. The molecule has 0 bridgehead atoms. The van der Waals surface area contributed by atoms with E-state index in [0.29, 0.717) is 0 Å². The van der Waals surface area contributed by atoms with Crippen LogP contribution >= 0.6 is 11.8 Å². The van der Waals surface area contributed by atoms with E-state index >= 15 is 0 Å². The summed E-state index contributed by atoms with van der Waals surface area (Å²) in [4.78, 5) is 1.08. The Balaban J connectivity index is 2.94. The van der Waals surface area contributed by atoms with Crippen LogP contribution in [-0.4, -0.2) is 12.8 Å². The molecule has 0 radical (unpaired) electrons. The summed E-state index contributed by atoms with van der Waals surface area (Å²) in [5.41, 5.74) is 1.94. The van der Waals surface area contributed by atoms with Crippen molar-refractivity contribution in [3.8, 4) is 6.07 Å². The lowest BCUT2D eigenvalue weighted by Gasteiger charge is -2.04. The molecule has 74 valence electrons. The average molecular weight is 206 g/mol. The molecule has 0 aliphatic carbocycles. The molecule has 0 spiro atoms. The number of nitriles is 1. The molecule has 3 heteroatoms. The third-order valence-corrected chi connectivity index (χ3v) is 2.80. The lowest BCUT2D eigenvalue weighted by atomic mass is 10.1. The Morgan fingerprint density at radius 1 is 1.50 bits per heavy atom. The smallest absolute Gasteiger partial charge is 0.100 e. The zero-order valence-electron chi connectivity index (χ0n) is 8.50. The number of benzene rings is 1. The second-order valence-corrected chi connectivity index (χ2v) is 4.21. The fraction of sp³-hybridized carbons (Fsp3) is 0.364. The van der Waals surface area contributed by atoms with Gasteiger partial charge < -0.3 is 5.32 Å². The average Bonchev–Trinajstić information content (AvgIpc) is 2.21. The van der Waals surface area contributed by atoms with Gasteiger partial charge in [-0.2, -0.15) is 5.26 Å². The summed E-state index contributed by atoms with van der Waals surface area (Å²) in [5.74, 6) is 1.00. The molecule has 0 aromatic heterocycles. The molecule has 0 heterocycles. The molecular formula is C11H14N2S. The first-order valence-corrected chi connectivity index (χ1v) is 5.60. The number of hydrogen-bond donors (Lipinski definition) is 1. The van der Waals surface area contributed by atoms with Gasteiger partial charge in [0.15, 0.2) is 0 Å². The number of thioether (sulfide) groups is 1. The van der Waals surface area contributed by atoms with Gasteiger partial charge in [0.25, 0.3) is 0 Å². The molecule has 0 fully saturated rings. The van der Waals surface area contributed by atoms with Gasteiger partial charge in [0.1, 0.15) is 6.07 Å². The maximum Gasteiger partial charge on any atom is 0.100 e. The van der Waals surface area contributed by atoms with Crippen LogP contribution in [-0.2, 0) is 6.54 Å². The Bertz CT molecular complexity index is 342. The summed E-state index contributed by atoms with van der Waals surface area (Å²) in [6.45, 7) is 2.90. The normalized spacial score (nSPS) is 9.79. The van der Waals surface area contributed by atoms with Crippen LogP contribution in [0.3, 0.4) is 0 Å². The second-order valence-electron chi connectivity index (χ2n) is 2.91. The highest BCUT2D eigenvalue weighted by atomic mass is 32.2. The first kappa shape index (κ1) is 11.1. The van der Waals surface area contributed by atoms with Gasteiger partial charge in [-0.25, -0.2) is 0 Å². The molecule has 0 aliphatic rings. The van der Waals surface area contributed by atoms with Crippen LogP contribution < -0.4 is 5.32 Å². The summed E-state index contributed by atoms with van der Waals surface area (Å²) in [6.07, 6.45) is 0. The van der Waals surface area contributed by atoms with E-state index in [1.165, 1.54) is 0 Å². The fourth-order valence-electron chi connectivity index (χ4n) is 1.26. The van der Waals surface area contributed by atoms with E-state index in [2.05, 4.69) is 24.4 Å². The quantitative estimate of drug-likeness (QED) is 0.768. The third-order valence-electron chi connectivity index (χ3n) is 1.85. The highest BCUT2D eigenvalue weighted by Crippen LogP contribution is 2.22. The maximum atomic E-state index is 8.95. The number of rotatable bonds is 4. The van der Waals surface area contributed by atoms with Crippen LogP contribution in [0.5, 0.6) is 0 Å². The molecule has 1 aromatic rings. The zero-order chi connectivity index (χ0) is 10.4. The van der Waals surface area contributed by atoms with Crippen LogP contribution in [0.4, 0.5) is 0 Å². The molecular weight excluding hydrogens is 192 g/mol. The molecule has 0 saturated heterocycles. The van der Waals surface area contributed by atoms with Crippen molar-refractivity contribution in [2.75, 3.05) is 12.8 Å². The SMILES string of the molecule is CCSc1ccc(CNC)cc1C#N. The minimum absolute atomic E-state index is 0.782. The predicted molar refractivity (Wildman–Crippen MR) is 60.3 cm³/mol. The zero-order valence-corrected chi connectivity index (χ0v) is 9.32. The summed E-state index contributed by atoms with van der Waals surface area (Å²) in [6, 6.07) is 8.28. The largest absolute Gasteiger partial charge is 0.316 e. The van der Waals surface area contributed by atoms with Crippen molar-refractivity contribution in [2.24, 2.45) is 0 Å². The van der Waals surface area contributed by atoms with Crippen LogP contribution in [0.15, 0.2) is 23.1 Å². The number of nitrogens with one attached hydrogen (secondary N) is 1. The van der Waals surface area contributed by atoms with E-state index in [0.717, 1.165) is 28.3 Å². The summed E-state index contributed by atoms with van der Waals surface area (Å²) < 4.78 is 0. The van der Waals surface area contributed by atoms with Gasteiger partial charge in [0.2, 0.25) is 0 Å². The van der Waals surface area contributed by atoms with E-state index in [-0.39, 0.29) is 0 Å². The molecule has 1 aromatic carbocycles. The van der Waals surface area contributed by atoms with Gasteiger partial charge in [0, 0.05) is 11.4 Å². The Morgan fingerprint density at radius 3 is 2.86 bits per heavy atom. The van der Waals surface area contributed by atoms with E-state index < -0.39 is 0 Å². The minimum Gasteiger partial charge on any atom is -0.316 e.